The molecule has 1 unspecified atom stereocenters. The van der Waals surface area contributed by atoms with Crippen molar-refractivity contribution in [3.63, 3.8) is 0 Å². The molecule has 1 saturated heterocycles. The number of rotatable bonds is 4. The third-order valence-electron chi connectivity index (χ3n) is 5.18. The van der Waals surface area contributed by atoms with Gasteiger partial charge in [-0.3, -0.25) is 0 Å². The Bertz CT molecular complexity index is 670. The highest BCUT2D eigenvalue weighted by Gasteiger charge is 2.30. The topological polar surface area (TPSA) is 40.6 Å². The molecular weight excluding hydrogens is 308 g/mol. The molecule has 1 aromatic rings. The van der Waals surface area contributed by atoms with Gasteiger partial charge in [-0.25, -0.2) is 12.7 Å². The summed E-state index contributed by atoms with van der Waals surface area (Å²) >= 11 is 0. The zero-order chi connectivity index (χ0) is 16.6. The molecule has 0 spiro atoms. The monoisotopic (exact) mass is 336 g/mol. The van der Waals surface area contributed by atoms with Gasteiger partial charge in [0.1, 0.15) is 0 Å². The smallest absolute Gasteiger partial charge is 0.211 e. The van der Waals surface area contributed by atoms with Gasteiger partial charge in [0.15, 0.2) is 0 Å². The molecule has 3 rings (SSSR count). The summed E-state index contributed by atoms with van der Waals surface area (Å²) in [4.78, 5) is 2.47. The van der Waals surface area contributed by atoms with E-state index in [1.165, 1.54) is 29.5 Å². The van der Waals surface area contributed by atoms with E-state index in [1.807, 2.05) is 0 Å². The molecule has 0 aliphatic carbocycles. The predicted molar refractivity (Wildman–Crippen MR) is 95.6 cm³/mol. The molecule has 2 heterocycles. The van der Waals surface area contributed by atoms with Gasteiger partial charge in [-0.05, 0) is 48.3 Å². The lowest BCUT2D eigenvalue weighted by Gasteiger charge is -2.34. The highest BCUT2D eigenvalue weighted by molar-refractivity contribution is 7.88. The molecule has 0 aromatic heterocycles. The van der Waals surface area contributed by atoms with E-state index in [0.29, 0.717) is 24.9 Å². The van der Waals surface area contributed by atoms with E-state index in [2.05, 4.69) is 36.9 Å². The zero-order valence-corrected chi connectivity index (χ0v) is 15.3. The van der Waals surface area contributed by atoms with Crippen molar-refractivity contribution in [3.05, 3.63) is 29.3 Å². The highest BCUT2D eigenvalue weighted by Crippen LogP contribution is 2.32. The van der Waals surface area contributed by atoms with Crippen molar-refractivity contribution in [1.82, 2.24) is 4.31 Å². The van der Waals surface area contributed by atoms with Gasteiger partial charge in [-0.15, -0.1) is 0 Å². The van der Waals surface area contributed by atoms with Crippen LogP contribution in [0.3, 0.4) is 0 Å². The molecule has 1 fully saturated rings. The molecule has 23 heavy (non-hydrogen) atoms. The first-order chi connectivity index (χ1) is 10.8. The minimum Gasteiger partial charge on any atom is -0.371 e. The van der Waals surface area contributed by atoms with Crippen molar-refractivity contribution >= 4 is 15.7 Å². The van der Waals surface area contributed by atoms with Gasteiger partial charge >= 0.3 is 0 Å². The summed E-state index contributed by atoms with van der Waals surface area (Å²) in [5, 5.41) is 0. The van der Waals surface area contributed by atoms with Gasteiger partial charge in [0, 0.05) is 31.9 Å². The maximum absolute atomic E-state index is 11.7. The van der Waals surface area contributed by atoms with E-state index in [-0.39, 0.29) is 0 Å². The third kappa shape index (κ3) is 3.72. The molecule has 0 N–H and O–H groups in total. The molecule has 1 aromatic carbocycles. The Labute approximate surface area is 140 Å². The van der Waals surface area contributed by atoms with E-state index in [4.69, 9.17) is 0 Å². The second-order valence-corrected chi connectivity index (χ2v) is 9.35. The van der Waals surface area contributed by atoms with Gasteiger partial charge in [0.25, 0.3) is 0 Å². The summed E-state index contributed by atoms with van der Waals surface area (Å²) in [6.45, 7) is 7.88. The summed E-state index contributed by atoms with van der Waals surface area (Å²) in [5.74, 6) is 1.01. The van der Waals surface area contributed by atoms with Gasteiger partial charge in [-0.1, -0.05) is 26.0 Å². The minimum atomic E-state index is -3.04. The van der Waals surface area contributed by atoms with Crippen LogP contribution in [0.5, 0.6) is 0 Å². The summed E-state index contributed by atoms with van der Waals surface area (Å²) in [7, 11) is -3.04. The Morgan fingerprint density at radius 2 is 2.04 bits per heavy atom. The predicted octanol–water partition coefficient (Wildman–Crippen LogP) is 2.84. The standard InChI is InChI=1S/C18H28N2O2S/c1-14(2)16-6-7-18-17(11-16)5-4-9-19(18)12-15-8-10-20(13-15)23(3,21)22/h6-7,11,14-15H,4-5,8-10,12-13H2,1-3H3. The zero-order valence-electron chi connectivity index (χ0n) is 14.5. The number of benzene rings is 1. The van der Waals surface area contributed by atoms with Crippen molar-refractivity contribution in [1.29, 1.82) is 0 Å². The van der Waals surface area contributed by atoms with Crippen molar-refractivity contribution in [2.75, 3.05) is 37.3 Å². The van der Waals surface area contributed by atoms with E-state index >= 15 is 0 Å². The van der Waals surface area contributed by atoms with E-state index in [9.17, 15) is 8.42 Å². The summed E-state index contributed by atoms with van der Waals surface area (Å²) in [6.07, 6.45) is 4.64. The van der Waals surface area contributed by atoms with Crippen molar-refractivity contribution in [2.24, 2.45) is 5.92 Å². The third-order valence-corrected chi connectivity index (χ3v) is 6.45. The first-order valence-electron chi connectivity index (χ1n) is 8.67. The van der Waals surface area contributed by atoms with Crippen LogP contribution in [0.2, 0.25) is 0 Å². The normalized spacial score (nSPS) is 22.6. The Balaban J connectivity index is 1.72. The molecule has 0 radical (unpaired) electrons. The Hall–Kier alpha value is -1.07. The van der Waals surface area contributed by atoms with Crippen molar-refractivity contribution in [3.8, 4) is 0 Å². The van der Waals surface area contributed by atoms with Gasteiger partial charge in [0.05, 0.1) is 6.26 Å². The molecular formula is C18H28N2O2S. The fourth-order valence-corrected chi connectivity index (χ4v) is 4.72. The second-order valence-electron chi connectivity index (χ2n) is 7.37. The lowest BCUT2D eigenvalue weighted by molar-refractivity contribution is 0.457. The fraction of sp³-hybridized carbons (Fsp3) is 0.667. The fourth-order valence-electron chi connectivity index (χ4n) is 3.80. The first kappa shape index (κ1) is 16.8. The number of anilines is 1. The molecule has 4 nitrogen and oxygen atoms in total. The molecule has 0 amide bonds. The van der Waals surface area contributed by atoms with Crippen LogP contribution in [0, 0.1) is 5.92 Å². The molecule has 2 aliphatic heterocycles. The number of fused-ring (bicyclic) bond motifs is 1. The van der Waals surface area contributed by atoms with Crippen LogP contribution in [0.25, 0.3) is 0 Å². The molecule has 5 heteroatoms. The number of nitrogens with zero attached hydrogens (tertiary/aromatic N) is 2. The van der Waals surface area contributed by atoms with Crippen LogP contribution in [-0.4, -0.2) is 45.2 Å². The summed E-state index contributed by atoms with van der Waals surface area (Å²) in [5.41, 5.74) is 4.23. The molecule has 0 saturated carbocycles. The molecule has 128 valence electrons. The summed E-state index contributed by atoms with van der Waals surface area (Å²) in [6, 6.07) is 6.88. The number of sulfonamides is 1. The van der Waals surface area contributed by atoms with Crippen LogP contribution < -0.4 is 4.90 Å². The van der Waals surface area contributed by atoms with Gasteiger partial charge < -0.3 is 4.90 Å². The number of aryl methyl sites for hydroxylation is 1. The SMILES string of the molecule is CC(C)c1ccc2c(c1)CCCN2CC1CCN(S(C)(=O)=O)C1. The Morgan fingerprint density at radius 3 is 2.70 bits per heavy atom. The van der Waals surface area contributed by atoms with Crippen molar-refractivity contribution < 1.29 is 8.42 Å². The number of hydrogen-bond donors (Lipinski definition) is 0. The van der Waals surface area contributed by atoms with E-state index < -0.39 is 10.0 Å². The van der Waals surface area contributed by atoms with Crippen molar-refractivity contribution in [2.45, 2.75) is 39.0 Å². The number of hydrogen-bond acceptors (Lipinski definition) is 3. The average molecular weight is 337 g/mol. The molecule has 2 aliphatic rings. The van der Waals surface area contributed by atoms with E-state index in [0.717, 1.165) is 25.9 Å². The quantitative estimate of drug-likeness (QED) is 0.849. The summed E-state index contributed by atoms with van der Waals surface area (Å²) < 4.78 is 25.0. The lowest BCUT2D eigenvalue weighted by atomic mass is 9.94. The second kappa shape index (κ2) is 6.44. The Kier molecular flexibility index (Phi) is 4.70. The highest BCUT2D eigenvalue weighted by atomic mass is 32.2. The van der Waals surface area contributed by atoms with Gasteiger partial charge in [-0.2, -0.15) is 0 Å². The van der Waals surface area contributed by atoms with Crippen LogP contribution in [-0.2, 0) is 16.4 Å². The molecule has 0 bridgehead atoms. The maximum atomic E-state index is 11.7. The van der Waals surface area contributed by atoms with Crippen LogP contribution in [0.1, 0.15) is 43.7 Å². The van der Waals surface area contributed by atoms with E-state index in [1.54, 1.807) is 4.31 Å². The largest absolute Gasteiger partial charge is 0.371 e. The Morgan fingerprint density at radius 1 is 1.26 bits per heavy atom. The maximum Gasteiger partial charge on any atom is 0.211 e. The minimum absolute atomic E-state index is 0.445. The van der Waals surface area contributed by atoms with Crippen LogP contribution in [0.4, 0.5) is 5.69 Å². The lowest BCUT2D eigenvalue weighted by Crippen LogP contribution is -2.35. The first-order valence-corrected chi connectivity index (χ1v) is 10.5. The van der Waals surface area contributed by atoms with Crippen LogP contribution >= 0.6 is 0 Å². The molecule has 1 atom stereocenters. The van der Waals surface area contributed by atoms with Gasteiger partial charge in [0.2, 0.25) is 10.0 Å². The van der Waals surface area contributed by atoms with Crippen LogP contribution in [0.15, 0.2) is 18.2 Å². The average Bonchev–Trinajstić information content (AvgIpc) is 2.95.